The first-order chi connectivity index (χ1) is 13.5. The summed E-state index contributed by atoms with van der Waals surface area (Å²) in [5.41, 5.74) is 1.29. The zero-order chi connectivity index (χ0) is 19.7. The van der Waals surface area contributed by atoms with Crippen LogP contribution < -0.4 is 15.6 Å². The molecule has 4 rings (SSSR count). The highest BCUT2D eigenvalue weighted by atomic mass is 32.2. The summed E-state index contributed by atoms with van der Waals surface area (Å²) in [5, 5.41) is 2.41. The van der Waals surface area contributed by atoms with Crippen molar-refractivity contribution < 1.29 is 14.3 Å². The normalized spacial score (nSPS) is 15.2. The van der Waals surface area contributed by atoms with Crippen molar-refractivity contribution in [1.29, 1.82) is 0 Å². The Labute approximate surface area is 164 Å². The van der Waals surface area contributed by atoms with Crippen molar-refractivity contribution in [3.05, 3.63) is 75.2 Å². The lowest BCUT2D eigenvalue weighted by Gasteiger charge is -2.12. The second-order valence-electron chi connectivity index (χ2n) is 6.12. The molecule has 2 aromatic carbocycles. The van der Waals surface area contributed by atoms with Crippen molar-refractivity contribution in [2.75, 3.05) is 0 Å². The predicted octanol–water partition coefficient (Wildman–Crippen LogP) is 2.84. The van der Waals surface area contributed by atoms with Crippen molar-refractivity contribution in [3.63, 3.8) is 0 Å². The topological polar surface area (TPSA) is 90.3 Å². The van der Waals surface area contributed by atoms with Crippen LogP contribution in [0.1, 0.15) is 11.4 Å². The predicted molar refractivity (Wildman–Crippen MR) is 107 cm³/mol. The lowest BCUT2D eigenvalue weighted by Crippen LogP contribution is -2.18. The van der Waals surface area contributed by atoms with Gasteiger partial charge in [0.15, 0.2) is 5.82 Å². The van der Waals surface area contributed by atoms with E-state index in [9.17, 15) is 14.4 Å². The first-order valence-corrected chi connectivity index (χ1v) is 9.25. The minimum Gasteiger partial charge on any atom is -0.486 e. The monoisotopic (exact) mass is 393 g/mol. The maximum absolute atomic E-state index is 12.2. The van der Waals surface area contributed by atoms with Gasteiger partial charge in [0.2, 0.25) is 0 Å². The van der Waals surface area contributed by atoms with Gasteiger partial charge in [-0.3, -0.25) is 19.7 Å². The maximum Gasteiger partial charge on any atom is 0.290 e. The standard InChI is InChI=1S/C20H15N3O4S/c1-23-15-5-3-2-4-14(15)18(24)21-17(23)11-27-13-8-6-12(7-9-13)10-16-19(25)22-20(26)28-16/h2-10H,11H2,1H3,(H,22,25,26). The highest BCUT2D eigenvalue weighted by Crippen LogP contribution is 2.26. The van der Waals surface area contributed by atoms with Gasteiger partial charge in [-0.15, -0.1) is 0 Å². The molecule has 0 spiro atoms. The van der Waals surface area contributed by atoms with E-state index in [1.807, 2.05) is 29.8 Å². The maximum atomic E-state index is 12.2. The summed E-state index contributed by atoms with van der Waals surface area (Å²) in [6.07, 6.45) is 1.64. The third-order valence-corrected chi connectivity index (χ3v) is 5.11. The second-order valence-corrected chi connectivity index (χ2v) is 7.13. The molecule has 0 saturated carbocycles. The summed E-state index contributed by atoms with van der Waals surface area (Å²) in [7, 11) is 1.84. The number of imide groups is 1. The number of benzene rings is 2. The van der Waals surface area contributed by atoms with Crippen LogP contribution in [-0.4, -0.2) is 20.7 Å². The van der Waals surface area contributed by atoms with Crippen molar-refractivity contribution in [2.24, 2.45) is 7.05 Å². The van der Waals surface area contributed by atoms with E-state index in [1.165, 1.54) is 0 Å². The molecule has 0 bridgehead atoms. The number of carbonyl (C=O) groups excluding carboxylic acids is 2. The van der Waals surface area contributed by atoms with Crippen molar-refractivity contribution in [3.8, 4) is 5.75 Å². The van der Waals surface area contributed by atoms with Gasteiger partial charge in [0, 0.05) is 7.05 Å². The Hall–Kier alpha value is -3.39. The Morgan fingerprint density at radius 3 is 2.57 bits per heavy atom. The van der Waals surface area contributed by atoms with E-state index in [0.717, 1.165) is 22.8 Å². The fourth-order valence-electron chi connectivity index (χ4n) is 2.85. The average Bonchev–Trinajstić information content (AvgIpc) is 3.01. The van der Waals surface area contributed by atoms with Crippen molar-refractivity contribution in [1.82, 2.24) is 14.9 Å². The number of nitrogens with zero attached hydrogens (tertiary/aromatic N) is 2. The Bertz CT molecular complexity index is 1180. The SMILES string of the molecule is Cn1c(COc2ccc(C=C3SC(=O)NC3=O)cc2)nc(=O)c2ccccc21. The van der Waals surface area contributed by atoms with Gasteiger partial charge in [0.05, 0.1) is 15.8 Å². The lowest BCUT2D eigenvalue weighted by molar-refractivity contribution is -0.115. The minimum absolute atomic E-state index is 0.143. The fourth-order valence-corrected chi connectivity index (χ4v) is 3.53. The molecule has 140 valence electrons. The first kappa shape index (κ1) is 18.0. The number of ether oxygens (including phenoxy) is 1. The number of hydrogen-bond donors (Lipinski definition) is 1. The summed E-state index contributed by atoms with van der Waals surface area (Å²) >= 11 is 0.874. The summed E-state index contributed by atoms with van der Waals surface area (Å²) in [4.78, 5) is 39.4. The fraction of sp³-hybridized carbons (Fsp3) is 0.100. The summed E-state index contributed by atoms with van der Waals surface area (Å²) in [6, 6.07) is 14.4. The van der Waals surface area contributed by atoms with E-state index < -0.39 is 5.91 Å². The Morgan fingerprint density at radius 2 is 1.86 bits per heavy atom. The quantitative estimate of drug-likeness (QED) is 0.686. The van der Waals surface area contributed by atoms with Crippen LogP contribution in [0.25, 0.3) is 17.0 Å². The smallest absolute Gasteiger partial charge is 0.290 e. The Balaban J connectivity index is 1.50. The number of hydrogen-bond acceptors (Lipinski definition) is 6. The van der Waals surface area contributed by atoms with E-state index >= 15 is 0 Å². The molecule has 2 heterocycles. The molecule has 0 radical (unpaired) electrons. The number of aryl methyl sites for hydroxylation is 1. The zero-order valence-electron chi connectivity index (χ0n) is 14.8. The first-order valence-electron chi connectivity index (χ1n) is 8.43. The van der Waals surface area contributed by atoms with Crippen LogP contribution in [0, 0.1) is 0 Å². The van der Waals surface area contributed by atoms with Crippen molar-refractivity contribution in [2.45, 2.75) is 6.61 Å². The van der Waals surface area contributed by atoms with E-state index in [4.69, 9.17) is 4.74 Å². The third kappa shape index (κ3) is 3.54. The van der Waals surface area contributed by atoms with Gasteiger partial charge in [-0.05, 0) is 47.7 Å². The van der Waals surface area contributed by atoms with Gasteiger partial charge in [-0.1, -0.05) is 24.3 Å². The number of aromatic nitrogens is 2. The van der Waals surface area contributed by atoms with Crippen LogP contribution in [0.15, 0.2) is 58.2 Å². The molecule has 1 aliphatic heterocycles. The van der Waals surface area contributed by atoms with Crippen LogP contribution in [0.2, 0.25) is 0 Å². The molecule has 1 fully saturated rings. The Kier molecular flexibility index (Phi) is 4.70. The molecular formula is C20H15N3O4S. The van der Waals surface area contributed by atoms with Gasteiger partial charge in [0.1, 0.15) is 12.4 Å². The van der Waals surface area contributed by atoms with E-state index in [2.05, 4.69) is 10.3 Å². The van der Waals surface area contributed by atoms with Gasteiger partial charge < -0.3 is 9.30 Å². The summed E-state index contributed by atoms with van der Waals surface area (Å²) in [5.74, 6) is 0.732. The summed E-state index contributed by atoms with van der Waals surface area (Å²) in [6.45, 7) is 0.143. The number of para-hydroxylation sites is 1. The number of amides is 2. The molecule has 28 heavy (non-hydrogen) atoms. The molecule has 7 nitrogen and oxygen atoms in total. The van der Waals surface area contributed by atoms with E-state index in [0.29, 0.717) is 21.9 Å². The number of thioether (sulfide) groups is 1. The highest BCUT2D eigenvalue weighted by Gasteiger charge is 2.24. The second kappa shape index (κ2) is 7.32. The van der Waals surface area contributed by atoms with Crippen LogP contribution >= 0.6 is 11.8 Å². The van der Waals surface area contributed by atoms with Crippen LogP contribution in [0.5, 0.6) is 5.75 Å². The highest BCUT2D eigenvalue weighted by molar-refractivity contribution is 8.18. The number of carbonyl (C=O) groups is 2. The average molecular weight is 393 g/mol. The van der Waals surface area contributed by atoms with Crippen LogP contribution in [0.3, 0.4) is 0 Å². The largest absolute Gasteiger partial charge is 0.486 e. The zero-order valence-corrected chi connectivity index (χ0v) is 15.7. The number of rotatable bonds is 4. The molecule has 1 saturated heterocycles. The van der Waals surface area contributed by atoms with Gasteiger partial charge in [-0.25, -0.2) is 0 Å². The molecule has 3 aromatic rings. The van der Waals surface area contributed by atoms with Gasteiger partial charge in [0.25, 0.3) is 16.7 Å². The van der Waals surface area contributed by atoms with Gasteiger partial charge in [-0.2, -0.15) is 4.98 Å². The molecule has 8 heteroatoms. The molecule has 0 atom stereocenters. The number of nitrogens with one attached hydrogen (secondary N) is 1. The molecule has 0 unspecified atom stereocenters. The Morgan fingerprint density at radius 1 is 1.11 bits per heavy atom. The number of fused-ring (bicyclic) bond motifs is 1. The molecule has 0 aliphatic carbocycles. The molecule has 2 amide bonds. The van der Waals surface area contributed by atoms with E-state index in [1.54, 1.807) is 36.4 Å². The van der Waals surface area contributed by atoms with Crippen molar-refractivity contribution >= 4 is 39.9 Å². The molecule has 1 N–H and O–H groups in total. The minimum atomic E-state index is -0.390. The van der Waals surface area contributed by atoms with Gasteiger partial charge >= 0.3 is 0 Å². The molecular weight excluding hydrogens is 378 g/mol. The molecule has 1 aliphatic rings. The third-order valence-electron chi connectivity index (χ3n) is 4.30. The van der Waals surface area contributed by atoms with Crippen LogP contribution in [-0.2, 0) is 18.4 Å². The lowest BCUT2D eigenvalue weighted by atomic mass is 10.2. The molecule has 1 aromatic heterocycles. The van der Waals surface area contributed by atoms with E-state index in [-0.39, 0.29) is 17.4 Å². The summed E-state index contributed by atoms with van der Waals surface area (Å²) < 4.78 is 7.59. The van der Waals surface area contributed by atoms with Crippen LogP contribution in [0.4, 0.5) is 4.79 Å².